The summed E-state index contributed by atoms with van der Waals surface area (Å²) in [5.41, 5.74) is 38.8. The van der Waals surface area contributed by atoms with E-state index in [4.69, 9.17) is 11.6 Å². The number of benzene rings is 20. The third kappa shape index (κ3) is 12.8. The van der Waals surface area contributed by atoms with E-state index < -0.39 is 21.7 Å². The van der Waals surface area contributed by atoms with Gasteiger partial charge in [0.05, 0.1) is 27.3 Å². The minimum atomic E-state index is -0.607. The number of fused-ring (bicyclic) bond motifs is 18. The van der Waals surface area contributed by atoms with Crippen molar-refractivity contribution in [3.63, 3.8) is 0 Å². The van der Waals surface area contributed by atoms with Crippen LogP contribution in [0.5, 0.6) is 0 Å². The molecule has 0 unspecified atom stereocenters. The summed E-state index contributed by atoms with van der Waals surface area (Å²) in [4.78, 5) is 2.47. The molecule has 1 N–H and O–H groups in total. The average molecular weight is 1640 g/mol. The van der Waals surface area contributed by atoms with Gasteiger partial charge in [0.2, 0.25) is 0 Å². The van der Waals surface area contributed by atoms with Gasteiger partial charge in [-0.3, -0.25) is 0 Å². The van der Waals surface area contributed by atoms with E-state index in [1.165, 1.54) is 156 Å². The second kappa shape index (κ2) is 32.8. The zero-order valence-electron chi connectivity index (χ0n) is 70.0. The molecule has 24 rings (SSSR count). The molecule has 4 aliphatic carbocycles. The molecule has 600 valence electrons. The van der Waals surface area contributed by atoms with Crippen LogP contribution in [0.2, 0.25) is 5.02 Å². The van der Waals surface area contributed by atoms with E-state index >= 15 is 0 Å². The minimum absolute atomic E-state index is 0.475. The molecule has 0 saturated carbocycles. The second-order valence-electron chi connectivity index (χ2n) is 33.3. The molecule has 127 heavy (non-hydrogen) atoms. The van der Waals surface area contributed by atoms with E-state index in [0.29, 0.717) is 0 Å². The smallest absolute Gasteiger partial charge is 0.0720 e. The van der Waals surface area contributed by atoms with Crippen LogP contribution in [-0.4, -0.2) is 0 Å². The molecule has 0 aliphatic heterocycles. The molecule has 2 nitrogen and oxygen atoms in total. The first kappa shape index (κ1) is 77.4. The molecular formula is C124H87ClN2. The first-order valence-electron chi connectivity index (χ1n) is 43.9. The van der Waals surface area contributed by atoms with Crippen LogP contribution in [0.4, 0.5) is 28.4 Å². The number of nitrogens with one attached hydrogen (secondary N) is 1. The Morgan fingerprint density at radius 2 is 0.441 bits per heavy atom. The highest BCUT2D eigenvalue weighted by Gasteiger charge is 2.59. The summed E-state index contributed by atoms with van der Waals surface area (Å²) in [7, 11) is 0. The molecule has 0 saturated heterocycles. The summed E-state index contributed by atoms with van der Waals surface area (Å²) in [5.74, 6) is 0. The summed E-state index contributed by atoms with van der Waals surface area (Å²) < 4.78 is 0. The van der Waals surface area contributed by atoms with Crippen molar-refractivity contribution in [3.8, 4) is 66.8 Å². The molecule has 0 amide bonds. The topological polar surface area (TPSA) is 15.3 Å². The number of anilines is 5. The number of hydrogen-bond donors (Lipinski definition) is 1. The van der Waals surface area contributed by atoms with Gasteiger partial charge < -0.3 is 10.2 Å². The predicted octanol–water partition coefficient (Wildman–Crippen LogP) is 31.7. The van der Waals surface area contributed by atoms with Gasteiger partial charge in [-0.05, 0) is 205 Å². The summed E-state index contributed by atoms with van der Waals surface area (Å²) >= 11 is 6.77. The fourth-order valence-corrected chi connectivity index (χ4v) is 21.8. The molecular weight excluding hydrogens is 1550 g/mol. The SMILES string of the molecule is Clc1ccc2c(c1)C1(c3ccccc3-2)c2ccccc2C(c2ccccc2)(c2ccccc2)c2ccccc21.c1ccc(-c2ccc(N(c3ccc4c(c3)C3(c5ccccc5-4)c4ccccc4C(c4ccccc4)(c4ccccc4)c4ccccc43)c3ccccc3-c3ccccc3)cc2)cc1.c1ccc(-c2ccc(Nc3ccccc3-c3ccccc3)cc2)cc1. The van der Waals surface area contributed by atoms with Crippen molar-refractivity contribution in [1.29, 1.82) is 0 Å². The average Bonchev–Trinajstić information content (AvgIpc) is 1.57. The molecule has 0 radical (unpaired) electrons. The van der Waals surface area contributed by atoms with E-state index in [1.807, 2.05) is 18.2 Å². The highest BCUT2D eigenvalue weighted by Crippen LogP contribution is 2.68. The Balaban J connectivity index is 0.000000126. The van der Waals surface area contributed by atoms with Crippen LogP contribution in [0, 0.1) is 0 Å². The van der Waals surface area contributed by atoms with Crippen molar-refractivity contribution in [1.82, 2.24) is 0 Å². The minimum Gasteiger partial charge on any atom is -0.355 e. The number of para-hydroxylation sites is 2. The molecule has 0 fully saturated rings. The van der Waals surface area contributed by atoms with E-state index in [0.717, 1.165) is 33.5 Å². The standard InChI is InChI=1S/C62H43N.C38H25Cl.C24H19N/c1-5-21-44(22-6-1)45-37-39-49(40-38-45)63(60-36-20-14-29-51(60)46-23-7-2-8-24-46)50-41-42-53-52-30-13-15-31-54(52)62(59(53)43-50)57-34-18-16-32-55(57)61(47-25-9-3-10-26-47,48-27-11-4-12-28-48)56-33-17-19-35-58(56)62;39-28-23-24-30-29-17-7-8-18-31(29)38(36(30)25-28)34-21-11-9-19-32(34)37(26-13-3-1-4-14-26,27-15-5-2-6-16-27)33-20-10-12-22-35(33)38;1-3-9-19(10-4-1)20-15-17-22(18-16-20)25-24-14-8-7-13-23(24)21-11-5-2-6-12-21/h1-43H;1-25H;1-18,25H. The monoisotopic (exact) mass is 1640 g/mol. The van der Waals surface area contributed by atoms with Crippen LogP contribution < -0.4 is 10.2 Å². The molecule has 20 aromatic rings. The van der Waals surface area contributed by atoms with Crippen LogP contribution in [0.3, 0.4) is 0 Å². The summed E-state index contributed by atoms with van der Waals surface area (Å²) in [6.45, 7) is 0. The van der Waals surface area contributed by atoms with E-state index in [-0.39, 0.29) is 0 Å². The van der Waals surface area contributed by atoms with Gasteiger partial charge in [-0.25, -0.2) is 0 Å². The maximum Gasteiger partial charge on any atom is 0.0720 e. The van der Waals surface area contributed by atoms with Gasteiger partial charge in [0.15, 0.2) is 0 Å². The van der Waals surface area contributed by atoms with Crippen molar-refractivity contribution in [3.05, 3.63) is 616 Å². The lowest BCUT2D eigenvalue weighted by atomic mass is 9.51. The predicted molar refractivity (Wildman–Crippen MR) is 529 cm³/mol. The lowest BCUT2D eigenvalue weighted by Gasteiger charge is -2.50. The van der Waals surface area contributed by atoms with Gasteiger partial charge in [0, 0.05) is 38.9 Å². The van der Waals surface area contributed by atoms with E-state index in [1.54, 1.807) is 0 Å². The van der Waals surface area contributed by atoms with Gasteiger partial charge in [-0.1, -0.05) is 473 Å². The Kier molecular flexibility index (Phi) is 20.0. The molecule has 0 heterocycles. The van der Waals surface area contributed by atoms with Crippen molar-refractivity contribution < 1.29 is 0 Å². The van der Waals surface area contributed by atoms with Gasteiger partial charge >= 0.3 is 0 Å². The maximum atomic E-state index is 6.77. The third-order valence-corrected chi connectivity index (χ3v) is 27.0. The fourth-order valence-electron chi connectivity index (χ4n) is 21.7. The van der Waals surface area contributed by atoms with Gasteiger partial charge in [-0.2, -0.15) is 0 Å². The van der Waals surface area contributed by atoms with Gasteiger partial charge in [0.1, 0.15) is 0 Å². The molecule has 0 atom stereocenters. The summed E-state index contributed by atoms with van der Waals surface area (Å²) in [6, 6.07) is 190. The van der Waals surface area contributed by atoms with Crippen LogP contribution in [-0.2, 0) is 21.7 Å². The third-order valence-electron chi connectivity index (χ3n) is 26.8. The first-order valence-corrected chi connectivity index (χ1v) is 44.3. The zero-order chi connectivity index (χ0) is 84.7. The van der Waals surface area contributed by atoms with Crippen molar-refractivity contribution in [2.45, 2.75) is 21.7 Å². The zero-order valence-corrected chi connectivity index (χ0v) is 70.7. The molecule has 2 spiro atoms. The van der Waals surface area contributed by atoms with Crippen LogP contribution in [0.15, 0.2) is 522 Å². The number of nitrogens with zero attached hydrogens (tertiary/aromatic N) is 1. The lowest BCUT2D eigenvalue weighted by Crippen LogP contribution is -2.44. The molecule has 20 aromatic carbocycles. The quantitative estimate of drug-likeness (QED) is 0.124. The van der Waals surface area contributed by atoms with Crippen molar-refractivity contribution in [2.75, 3.05) is 10.2 Å². The fraction of sp³-hybridized carbons (Fsp3) is 0.0323. The highest BCUT2D eigenvalue weighted by molar-refractivity contribution is 6.31. The Labute approximate surface area is 749 Å². The summed E-state index contributed by atoms with van der Waals surface area (Å²) in [6.07, 6.45) is 0. The lowest BCUT2D eigenvalue weighted by molar-refractivity contribution is 0.623. The largest absolute Gasteiger partial charge is 0.355 e. The molecule has 0 bridgehead atoms. The second-order valence-corrected chi connectivity index (χ2v) is 33.7. The highest BCUT2D eigenvalue weighted by atomic mass is 35.5. The Morgan fingerprint density at radius 3 is 0.843 bits per heavy atom. The maximum absolute atomic E-state index is 6.77. The number of rotatable bonds is 13. The van der Waals surface area contributed by atoms with Crippen LogP contribution in [0.25, 0.3) is 66.8 Å². The molecule has 0 aromatic heterocycles. The molecule has 4 aliphatic rings. The normalized spacial score (nSPS) is 13.5. The Morgan fingerprint density at radius 1 is 0.173 bits per heavy atom. The van der Waals surface area contributed by atoms with Crippen molar-refractivity contribution >= 4 is 40.0 Å². The van der Waals surface area contributed by atoms with E-state index in [2.05, 4.69) is 514 Å². The number of hydrogen-bond acceptors (Lipinski definition) is 2. The number of halogens is 1. The first-order chi connectivity index (χ1) is 62.9. The van der Waals surface area contributed by atoms with Crippen LogP contribution >= 0.6 is 11.6 Å². The van der Waals surface area contributed by atoms with E-state index in [9.17, 15) is 0 Å². The Hall–Kier alpha value is -15.7. The summed E-state index contributed by atoms with van der Waals surface area (Å²) in [5, 5.41) is 4.31. The van der Waals surface area contributed by atoms with Gasteiger partial charge in [0.25, 0.3) is 0 Å². The van der Waals surface area contributed by atoms with Crippen LogP contribution in [0.1, 0.15) is 89.0 Å². The van der Waals surface area contributed by atoms with Gasteiger partial charge in [-0.15, -0.1) is 0 Å². The van der Waals surface area contributed by atoms with Crippen molar-refractivity contribution in [2.24, 2.45) is 0 Å². The molecule has 3 heteroatoms. The Bertz CT molecular complexity index is 7210.